The lowest BCUT2D eigenvalue weighted by molar-refractivity contribution is 0.548. The second-order valence-electron chi connectivity index (χ2n) is 3.46. The molecule has 1 aromatic heterocycles. The van der Waals surface area contributed by atoms with Gasteiger partial charge in [-0.15, -0.1) is 0 Å². The number of aromatic nitrogens is 2. The fourth-order valence-electron chi connectivity index (χ4n) is 1.50. The summed E-state index contributed by atoms with van der Waals surface area (Å²) >= 11 is 5.82. The largest absolute Gasteiger partial charge is 0.311 e. The number of benzene rings is 1. The summed E-state index contributed by atoms with van der Waals surface area (Å²) in [6, 6.07) is 3.75. The molecule has 0 fully saturated rings. The Hall–Kier alpha value is -1.46. The highest BCUT2D eigenvalue weighted by molar-refractivity contribution is 6.28. The zero-order valence-corrected chi connectivity index (χ0v) is 9.20. The van der Waals surface area contributed by atoms with Crippen molar-refractivity contribution < 1.29 is 4.39 Å². The third-order valence-corrected chi connectivity index (χ3v) is 2.49. The van der Waals surface area contributed by atoms with Crippen LogP contribution in [-0.4, -0.2) is 9.55 Å². The second kappa shape index (κ2) is 3.84. The highest BCUT2D eigenvalue weighted by atomic mass is 35.5. The fraction of sp³-hybridized carbons (Fsp3) is 0.200. The van der Waals surface area contributed by atoms with E-state index in [9.17, 15) is 9.18 Å². The molecule has 0 bridgehead atoms. The van der Waals surface area contributed by atoms with Crippen LogP contribution in [0.15, 0.2) is 23.0 Å². The Kier molecular flexibility index (Phi) is 2.65. The lowest BCUT2D eigenvalue weighted by atomic mass is 10.2. The van der Waals surface area contributed by atoms with E-state index in [-0.39, 0.29) is 10.7 Å². The van der Waals surface area contributed by atoms with Gasteiger partial charge in [0.05, 0.1) is 17.1 Å². The molecule has 0 saturated heterocycles. The van der Waals surface area contributed by atoms with Gasteiger partial charge in [0.25, 0.3) is 5.56 Å². The molecule has 2 N–H and O–H groups in total. The van der Waals surface area contributed by atoms with Crippen LogP contribution in [-0.2, 0) is 0 Å². The minimum absolute atomic E-state index is 0.000826. The molecule has 0 amide bonds. The summed E-state index contributed by atoms with van der Waals surface area (Å²) < 4.78 is 14.1. The van der Waals surface area contributed by atoms with Crippen molar-refractivity contribution in [3.05, 3.63) is 39.7 Å². The number of rotatable bonds is 1. The quantitative estimate of drug-likeness (QED) is 0.773. The van der Waals surface area contributed by atoms with Crippen molar-refractivity contribution in [1.29, 1.82) is 0 Å². The van der Waals surface area contributed by atoms with Crippen LogP contribution in [0.4, 0.5) is 4.39 Å². The Balaban J connectivity index is 2.91. The highest BCUT2D eigenvalue weighted by Crippen LogP contribution is 2.14. The Labute approximate surface area is 95.5 Å². The second-order valence-corrected chi connectivity index (χ2v) is 3.80. The van der Waals surface area contributed by atoms with E-state index in [0.29, 0.717) is 5.52 Å². The summed E-state index contributed by atoms with van der Waals surface area (Å²) in [6.07, 6.45) is -0.611. The lowest BCUT2D eigenvalue weighted by Gasteiger charge is -2.12. The van der Waals surface area contributed by atoms with Crippen molar-refractivity contribution in [3.63, 3.8) is 0 Å². The summed E-state index contributed by atoms with van der Waals surface area (Å²) in [4.78, 5) is 15.9. The molecule has 0 radical (unpaired) electrons. The standard InChI is InChI=1S/C10H9ClFN3O/c1-5(13)15-9(16)7-4-6(12)2-3-8(7)14-10(15)11/h2-5H,13H2,1H3. The van der Waals surface area contributed by atoms with Crippen molar-refractivity contribution in [3.8, 4) is 0 Å². The SMILES string of the molecule is CC(N)n1c(Cl)nc2ccc(F)cc2c1=O. The van der Waals surface area contributed by atoms with E-state index in [4.69, 9.17) is 17.3 Å². The number of nitrogens with two attached hydrogens (primary N) is 1. The molecule has 1 heterocycles. The monoisotopic (exact) mass is 241 g/mol. The summed E-state index contributed by atoms with van der Waals surface area (Å²) in [5, 5.41) is 0.167. The van der Waals surface area contributed by atoms with Gasteiger partial charge in [-0.2, -0.15) is 0 Å². The third kappa shape index (κ3) is 1.68. The van der Waals surface area contributed by atoms with E-state index in [1.54, 1.807) is 6.92 Å². The van der Waals surface area contributed by atoms with Gasteiger partial charge in [-0.05, 0) is 36.7 Å². The van der Waals surface area contributed by atoms with Crippen LogP contribution < -0.4 is 11.3 Å². The van der Waals surface area contributed by atoms with Crippen molar-refractivity contribution >= 4 is 22.5 Å². The first-order chi connectivity index (χ1) is 7.50. The molecule has 6 heteroatoms. The molecule has 1 aromatic carbocycles. The minimum atomic E-state index is -0.611. The average Bonchev–Trinajstić information content (AvgIpc) is 2.19. The van der Waals surface area contributed by atoms with Gasteiger partial charge in [-0.3, -0.25) is 9.36 Å². The summed E-state index contributed by atoms with van der Waals surface area (Å²) in [6.45, 7) is 1.60. The molecule has 0 aliphatic heterocycles. The Morgan fingerprint density at radius 3 is 2.88 bits per heavy atom. The van der Waals surface area contributed by atoms with Crippen LogP contribution in [0.2, 0.25) is 5.28 Å². The number of fused-ring (bicyclic) bond motifs is 1. The van der Waals surface area contributed by atoms with Crippen molar-refractivity contribution in [1.82, 2.24) is 9.55 Å². The molecule has 1 unspecified atom stereocenters. The molecule has 0 saturated carbocycles. The minimum Gasteiger partial charge on any atom is -0.311 e. The molecule has 16 heavy (non-hydrogen) atoms. The smallest absolute Gasteiger partial charge is 0.263 e. The van der Waals surface area contributed by atoms with E-state index >= 15 is 0 Å². The number of hydrogen-bond acceptors (Lipinski definition) is 3. The van der Waals surface area contributed by atoms with Crippen LogP contribution in [0.5, 0.6) is 0 Å². The first-order valence-electron chi connectivity index (χ1n) is 4.63. The van der Waals surface area contributed by atoms with Crippen molar-refractivity contribution in [2.75, 3.05) is 0 Å². The molecular weight excluding hydrogens is 233 g/mol. The molecule has 2 rings (SSSR count). The van der Waals surface area contributed by atoms with Gasteiger partial charge in [0, 0.05) is 0 Å². The predicted octanol–water partition coefficient (Wildman–Crippen LogP) is 1.67. The molecule has 84 valence electrons. The molecular formula is C10H9ClFN3O. The van der Waals surface area contributed by atoms with Crippen LogP contribution in [0.3, 0.4) is 0 Å². The molecule has 4 nitrogen and oxygen atoms in total. The van der Waals surface area contributed by atoms with Gasteiger partial charge in [0.2, 0.25) is 5.28 Å². The molecule has 2 aromatic rings. The van der Waals surface area contributed by atoms with Gasteiger partial charge >= 0.3 is 0 Å². The van der Waals surface area contributed by atoms with Crippen LogP contribution >= 0.6 is 11.6 Å². The van der Waals surface area contributed by atoms with E-state index in [1.165, 1.54) is 12.1 Å². The van der Waals surface area contributed by atoms with Crippen LogP contribution in [0.25, 0.3) is 10.9 Å². The van der Waals surface area contributed by atoms with Crippen molar-refractivity contribution in [2.45, 2.75) is 13.1 Å². The van der Waals surface area contributed by atoms with Crippen LogP contribution in [0.1, 0.15) is 13.1 Å². The van der Waals surface area contributed by atoms with Gasteiger partial charge in [0.15, 0.2) is 0 Å². The van der Waals surface area contributed by atoms with E-state index in [2.05, 4.69) is 4.98 Å². The van der Waals surface area contributed by atoms with Crippen molar-refractivity contribution in [2.24, 2.45) is 5.73 Å². The van der Waals surface area contributed by atoms with Gasteiger partial charge in [-0.25, -0.2) is 9.37 Å². The summed E-state index contributed by atoms with van der Waals surface area (Å²) in [7, 11) is 0. The lowest BCUT2D eigenvalue weighted by Crippen LogP contribution is -2.29. The molecule has 0 aliphatic carbocycles. The topological polar surface area (TPSA) is 60.9 Å². The maximum absolute atomic E-state index is 13.0. The molecule has 0 aliphatic rings. The van der Waals surface area contributed by atoms with Gasteiger partial charge < -0.3 is 5.73 Å². The predicted molar refractivity (Wildman–Crippen MR) is 59.9 cm³/mol. The Morgan fingerprint density at radius 2 is 2.25 bits per heavy atom. The van der Waals surface area contributed by atoms with E-state index < -0.39 is 17.5 Å². The maximum Gasteiger partial charge on any atom is 0.263 e. The van der Waals surface area contributed by atoms with Gasteiger partial charge in [0.1, 0.15) is 5.82 Å². The molecule has 0 spiro atoms. The first-order valence-corrected chi connectivity index (χ1v) is 5.01. The van der Waals surface area contributed by atoms with E-state index in [0.717, 1.165) is 10.6 Å². The Morgan fingerprint density at radius 1 is 1.56 bits per heavy atom. The third-order valence-electron chi connectivity index (χ3n) is 2.23. The summed E-state index contributed by atoms with van der Waals surface area (Å²) in [5.74, 6) is -0.495. The maximum atomic E-state index is 13.0. The number of nitrogens with zero attached hydrogens (tertiary/aromatic N) is 2. The zero-order valence-electron chi connectivity index (χ0n) is 8.45. The summed E-state index contributed by atoms with van der Waals surface area (Å²) in [5.41, 5.74) is 5.50. The zero-order chi connectivity index (χ0) is 11.9. The fourth-order valence-corrected chi connectivity index (χ4v) is 1.82. The first kappa shape index (κ1) is 11.0. The van der Waals surface area contributed by atoms with E-state index in [1.807, 2.05) is 0 Å². The normalized spacial score (nSPS) is 13.0. The van der Waals surface area contributed by atoms with Gasteiger partial charge in [-0.1, -0.05) is 0 Å². The average molecular weight is 242 g/mol. The number of hydrogen-bond donors (Lipinski definition) is 1. The Bertz CT molecular complexity index is 609. The highest BCUT2D eigenvalue weighted by Gasteiger charge is 2.12. The molecule has 1 atom stereocenters. The van der Waals surface area contributed by atoms with Crippen LogP contribution in [0, 0.1) is 5.82 Å². The number of halogens is 2.